The van der Waals surface area contributed by atoms with Crippen molar-refractivity contribution in [1.82, 2.24) is 4.57 Å². The molecular weight excluding hydrogens is 206 g/mol. The Labute approximate surface area is 94.5 Å². The third kappa shape index (κ3) is 2.32. The van der Waals surface area contributed by atoms with Crippen molar-refractivity contribution in [1.29, 1.82) is 0 Å². The highest BCUT2D eigenvalue weighted by Gasteiger charge is 2.16. The topological polar surface area (TPSA) is 59.3 Å². The molecule has 0 atom stereocenters. The summed E-state index contributed by atoms with van der Waals surface area (Å²) in [7, 11) is 0. The van der Waals surface area contributed by atoms with E-state index in [1.165, 1.54) is 4.57 Å². The van der Waals surface area contributed by atoms with Crippen molar-refractivity contribution in [3.05, 3.63) is 33.2 Å². The van der Waals surface area contributed by atoms with Crippen molar-refractivity contribution in [3.63, 3.8) is 0 Å². The largest absolute Gasteiger partial charge is 0.477 e. The first-order valence-electron chi connectivity index (χ1n) is 5.29. The first-order chi connectivity index (χ1) is 7.34. The summed E-state index contributed by atoms with van der Waals surface area (Å²) in [4.78, 5) is 22.9. The predicted molar refractivity (Wildman–Crippen MR) is 62.0 cm³/mol. The Hall–Kier alpha value is -1.58. The van der Waals surface area contributed by atoms with Crippen LogP contribution in [0.3, 0.4) is 0 Å². The van der Waals surface area contributed by atoms with Crippen LogP contribution in [0.4, 0.5) is 0 Å². The molecule has 1 aromatic heterocycles. The molecule has 4 nitrogen and oxygen atoms in total. The number of hydrogen-bond donors (Lipinski definition) is 1. The van der Waals surface area contributed by atoms with Gasteiger partial charge in [0.25, 0.3) is 5.56 Å². The zero-order valence-electron chi connectivity index (χ0n) is 10.1. The van der Waals surface area contributed by atoms with E-state index in [2.05, 4.69) is 0 Å². The monoisotopic (exact) mass is 223 g/mol. The molecule has 0 unspecified atom stereocenters. The normalized spacial score (nSPS) is 10.8. The molecule has 0 aromatic carbocycles. The average molecular weight is 223 g/mol. The van der Waals surface area contributed by atoms with Gasteiger partial charge in [-0.2, -0.15) is 0 Å². The zero-order chi connectivity index (χ0) is 12.5. The van der Waals surface area contributed by atoms with Crippen LogP contribution in [0, 0.1) is 19.8 Å². The third-order valence-electron chi connectivity index (χ3n) is 2.47. The summed E-state index contributed by atoms with van der Waals surface area (Å²) in [5, 5.41) is 8.98. The van der Waals surface area contributed by atoms with Crippen LogP contribution in [0.2, 0.25) is 0 Å². The Bertz CT molecular complexity index is 472. The summed E-state index contributed by atoms with van der Waals surface area (Å²) < 4.78 is 1.53. The number of rotatable bonds is 3. The number of aromatic nitrogens is 1. The first kappa shape index (κ1) is 12.5. The second-order valence-corrected chi connectivity index (χ2v) is 4.46. The fourth-order valence-electron chi connectivity index (χ4n) is 1.78. The molecule has 0 spiro atoms. The molecule has 0 saturated carbocycles. The minimum atomic E-state index is -1.15. The van der Waals surface area contributed by atoms with Crippen LogP contribution >= 0.6 is 0 Å². The van der Waals surface area contributed by atoms with E-state index in [1.807, 2.05) is 20.8 Å². The number of aryl methyl sites for hydroxylation is 2. The lowest BCUT2D eigenvalue weighted by atomic mass is 10.1. The van der Waals surface area contributed by atoms with E-state index >= 15 is 0 Å². The van der Waals surface area contributed by atoms with Gasteiger partial charge < -0.3 is 9.67 Å². The Morgan fingerprint density at radius 1 is 1.44 bits per heavy atom. The Morgan fingerprint density at radius 3 is 2.44 bits per heavy atom. The van der Waals surface area contributed by atoms with Crippen LogP contribution in [0.15, 0.2) is 10.9 Å². The molecule has 1 aromatic rings. The maximum atomic E-state index is 12.0. The maximum Gasteiger partial charge on any atom is 0.341 e. The van der Waals surface area contributed by atoms with Crippen molar-refractivity contribution in [2.75, 3.05) is 0 Å². The predicted octanol–water partition coefficient (Wildman–Crippen LogP) is 1.82. The van der Waals surface area contributed by atoms with Crippen molar-refractivity contribution in [3.8, 4) is 0 Å². The van der Waals surface area contributed by atoms with E-state index in [-0.39, 0.29) is 5.56 Å². The highest BCUT2D eigenvalue weighted by atomic mass is 16.4. The number of aromatic carboxylic acids is 1. The molecule has 1 rings (SSSR count). The molecule has 0 saturated heterocycles. The minimum absolute atomic E-state index is 0.119. The van der Waals surface area contributed by atoms with Crippen molar-refractivity contribution >= 4 is 5.97 Å². The van der Waals surface area contributed by atoms with E-state index in [0.29, 0.717) is 18.0 Å². The van der Waals surface area contributed by atoms with Gasteiger partial charge in [-0.05, 0) is 31.4 Å². The summed E-state index contributed by atoms with van der Waals surface area (Å²) in [6.45, 7) is 8.00. The summed E-state index contributed by atoms with van der Waals surface area (Å²) >= 11 is 0. The lowest BCUT2D eigenvalue weighted by Gasteiger charge is -2.14. The Kier molecular flexibility index (Phi) is 3.52. The van der Waals surface area contributed by atoms with E-state index in [9.17, 15) is 9.59 Å². The van der Waals surface area contributed by atoms with Crippen LogP contribution < -0.4 is 5.56 Å². The summed E-state index contributed by atoms with van der Waals surface area (Å²) in [6.07, 6.45) is 0. The van der Waals surface area contributed by atoms with E-state index < -0.39 is 11.5 Å². The number of carbonyl (C=O) groups is 1. The van der Waals surface area contributed by atoms with Crippen LogP contribution in [0.1, 0.15) is 35.5 Å². The quantitative estimate of drug-likeness (QED) is 0.850. The number of pyridine rings is 1. The second-order valence-electron chi connectivity index (χ2n) is 4.46. The number of hydrogen-bond acceptors (Lipinski definition) is 2. The maximum absolute atomic E-state index is 12.0. The standard InChI is InChI=1S/C12H17NO3/c1-7(2)6-13-9(4)5-8(3)10(11(13)14)12(15)16/h5,7H,6H2,1-4H3,(H,15,16). The fourth-order valence-corrected chi connectivity index (χ4v) is 1.78. The van der Waals surface area contributed by atoms with Crippen LogP contribution in [0.5, 0.6) is 0 Å². The smallest absolute Gasteiger partial charge is 0.341 e. The van der Waals surface area contributed by atoms with Gasteiger partial charge in [0.05, 0.1) is 0 Å². The fraction of sp³-hybridized carbons (Fsp3) is 0.500. The van der Waals surface area contributed by atoms with Gasteiger partial charge >= 0.3 is 5.97 Å². The van der Waals surface area contributed by atoms with Gasteiger partial charge in [0, 0.05) is 12.2 Å². The van der Waals surface area contributed by atoms with E-state index in [4.69, 9.17) is 5.11 Å². The molecule has 0 bridgehead atoms. The molecule has 0 radical (unpaired) electrons. The van der Waals surface area contributed by atoms with Gasteiger partial charge in [0.15, 0.2) is 0 Å². The molecule has 16 heavy (non-hydrogen) atoms. The number of carboxylic acids is 1. The molecule has 0 fully saturated rings. The first-order valence-corrected chi connectivity index (χ1v) is 5.29. The lowest BCUT2D eigenvalue weighted by Crippen LogP contribution is -2.30. The molecule has 0 aliphatic rings. The number of nitrogens with zero attached hydrogens (tertiary/aromatic N) is 1. The molecule has 0 amide bonds. The molecule has 0 aliphatic carbocycles. The van der Waals surface area contributed by atoms with Gasteiger partial charge in [0.2, 0.25) is 0 Å². The van der Waals surface area contributed by atoms with Crippen molar-refractivity contribution in [2.45, 2.75) is 34.2 Å². The Balaban J connectivity index is 3.45. The average Bonchev–Trinajstić information content (AvgIpc) is 2.10. The van der Waals surface area contributed by atoms with Gasteiger partial charge in [-0.15, -0.1) is 0 Å². The lowest BCUT2D eigenvalue weighted by molar-refractivity contribution is 0.0693. The SMILES string of the molecule is Cc1cc(C)n(CC(C)C)c(=O)c1C(=O)O. The van der Waals surface area contributed by atoms with Crippen LogP contribution in [-0.4, -0.2) is 15.6 Å². The number of carboxylic acid groups (broad SMARTS) is 1. The zero-order valence-corrected chi connectivity index (χ0v) is 10.1. The molecule has 88 valence electrons. The van der Waals surface area contributed by atoms with Gasteiger partial charge in [-0.1, -0.05) is 13.8 Å². The highest BCUT2D eigenvalue weighted by Crippen LogP contribution is 2.08. The molecule has 4 heteroatoms. The second kappa shape index (κ2) is 4.51. The highest BCUT2D eigenvalue weighted by molar-refractivity contribution is 5.88. The van der Waals surface area contributed by atoms with E-state index in [0.717, 1.165) is 5.69 Å². The van der Waals surface area contributed by atoms with E-state index in [1.54, 1.807) is 13.0 Å². The van der Waals surface area contributed by atoms with Gasteiger partial charge in [-0.25, -0.2) is 4.79 Å². The summed E-state index contributed by atoms with van der Waals surface area (Å²) in [6, 6.07) is 1.74. The summed E-state index contributed by atoms with van der Waals surface area (Å²) in [5.41, 5.74) is 0.807. The van der Waals surface area contributed by atoms with Crippen molar-refractivity contribution < 1.29 is 9.90 Å². The molecule has 1 N–H and O–H groups in total. The molecular formula is C12H17NO3. The van der Waals surface area contributed by atoms with Crippen LogP contribution in [-0.2, 0) is 6.54 Å². The Morgan fingerprint density at radius 2 is 2.00 bits per heavy atom. The van der Waals surface area contributed by atoms with Gasteiger partial charge in [-0.3, -0.25) is 4.79 Å². The van der Waals surface area contributed by atoms with Crippen molar-refractivity contribution in [2.24, 2.45) is 5.92 Å². The molecule has 1 heterocycles. The summed E-state index contributed by atoms with van der Waals surface area (Å²) in [5.74, 6) is -0.847. The van der Waals surface area contributed by atoms with Gasteiger partial charge in [0.1, 0.15) is 5.56 Å². The van der Waals surface area contributed by atoms with Crippen LogP contribution in [0.25, 0.3) is 0 Å². The minimum Gasteiger partial charge on any atom is -0.477 e. The molecule has 0 aliphatic heterocycles. The third-order valence-corrected chi connectivity index (χ3v) is 2.47.